The summed E-state index contributed by atoms with van der Waals surface area (Å²) in [5.41, 5.74) is 7.56. The highest BCUT2D eigenvalue weighted by Gasteiger charge is 2.16. The van der Waals surface area contributed by atoms with Crippen molar-refractivity contribution in [2.24, 2.45) is 0 Å². The maximum atomic E-state index is 5.14. The lowest BCUT2D eigenvalue weighted by molar-refractivity contribution is 1.08. The summed E-state index contributed by atoms with van der Waals surface area (Å²) >= 11 is 0. The van der Waals surface area contributed by atoms with Gasteiger partial charge in [-0.15, -0.1) is 0 Å². The zero-order valence-electron chi connectivity index (χ0n) is 26.1. The first-order valence-corrected chi connectivity index (χ1v) is 16.2. The molecule has 0 aliphatic carbocycles. The van der Waals surface area contributed by atoms with E-state index in [0.717, 1.165) is 38.6 Å². The van der Waals surface area contributed by atoms with E-state index in [1.165, 1.54) is 32.7 Å². The molecule has 1 aromatic heterocycles. The van der Waals surface area contributed by atoms with Gasteiger partial charge in [-0.05, 0) is 84.9 Å². The normalized spacial score (nSPS) is 11.3. The number of aromatic nitrogens is 3. The Morgan fingerprint density at radius 1 is 0.250 bits per heavy atom. The Labute approximate surface area is 278 Å². The molecule has 0 bridgehead atoms. The molecule has 9 rings (SSSR count). The molecule has 0 fully saturated rings. The van der Waals surface area contributed by atoms with Gasteiger partial charge in [0.2, 0.25) is 0 Å². The van der Waals surface area contributed by atoms with Crippen molar-refractivity contribution in [2.45, 2.75) is 0 Å². The summed E-state index contributed by atoms with van der Waals surface area (Å²) in [4.78, 5) is 15.2. The molecule has 0 amide bonds. The van der Waals surface area contributed by atoms with Gasteiger partial charge in [0.15, 0.2) is 17.5 Å². The first kappa shape index (κ1) is 27.8. The van der Waals surface area contributed by atoms with Gasteiger partial charge < -0.3 is 0 Å². The number of benzene rings is 8. The second-order valence-corrected chi connectivity index (χ2v) is 12.1. The molecule has 0 saturated carbocycles. The molecule has 0 radical (unpaired) electrons. The van der Waals surface area contributed by atoms with Crippen LogP contribution < -0.4 is 0 Å². The Kier molecular flexibility index (Phi) is 6.80. The molecule has 0 aliphatic heterocycles. The highest BCUT2D eigenvalue weighted by Crippen LogP contribution is 2.36. The second kappa shape index (κ2) is 11.7. The maximum absolute atomic E-state index is 5.14. The highest BCUT2D eigenvalue weighted by atomic mass is 15.0. The molecule has 0 N–H and O–H groups in total. The third-order valence-corrected chi connectivity index (χ3v) is 9.05. The average Bonchev–Trinajstić information content (AvgIpc) is 3.17. The van der Waals surface area contributed by atoms with Gasteiger partial charge >= 0.3 is 0 Å². The molecule has 224 valence electrons. The summed E-state index contributed by atoms with van der Waals surface area (Å²) in [6, 6.07) is 61.8. The van der Waals surface area contributed by atoms with Crippen LogP contribution in [0.3, 0.4) is 0 Å². The van der Waals surface area contributed by atoms with Crippen molar-refractivity contribution in [3.8, 4) is 56.4 Å². The fourth-order valence-electron chi connectivity index (χ4n) is 6.58. The van der Waals surface area contributed by atoms with E-state index in [4.69, 9.17) is 15.0 Å². The summed E-state index contributed by atoms with van der Waals surface area (Å²) in [5, 5.41) is 7.08. The minimum atomic E-state index is 0.645. The van der Waals surface area contributed by atoms with Crippen LogP contribution in [0.5, 0.6) is 0 Å². The third-order valence-electron chi connectivity index (χ3n) is 9.05. The Morgan fingerprint density at radius 3 is 1.46 bits per heavy atom. The van der Waals surface area contributed by atoms with Gasteiger partial charge in [0, 0.05) is 16.7 Å². The van der Waals surface area contributed by atoms with Crippen molar-refractivity contribution in [1.82, 2.24) is 15.0 Å². The number of hydrogen-bond acceptors (Lipinski definition) is 3. The van der Waals surface area contributed by atoms with E-state index in [0.29, 0.717) is 17.5 Å². The zero-order valence-corrected chi connectivity index (χ0v) is 26.1. The molecule has 0 unspecified atom stereocenters. The van der Waals surface area contributed by atoms with Gasteiger partial charge in [0.05, 0.1) is 0 Å². The van der Waals surface area contributed by atoms with Crippen LogP contribution in [0.25, 0.3) is 88.7 Å². The second-order valence-electron chi connectivity index (χ2n) is 12.1. The Balaban J connectivity index is 1.21. The molecule has 0 spiro atoms. The van der Waals surface area contributed by atoms with Crippen molar-refractivity contribution in [3.63, 3.8) is 0 Å². The van der Waals surface area contributed by atoms with Gasteiger partial charge in [0.25, 0.3) is 0 Å². The van der Waals surface area contributed by atoms with Crippen molar-refractivity contribution in [1.29, 1.82) is 0 Å². The summed E-state index contributed by atoms with van der Waals surface area (Å²) in [5.74, 6) is 1.94. The van der Waals surface area contributed by atoms with E-state index in [9.17, 15) is 0 Å². The van der Waals surface area contributed by atoms with Gasteiger partial charge in [-0.1, -0.05) is 146 Å². The maximum Gasteiger partial charge on any atom is 0.164 e. The molecule has 8 aromatic carbocycles. The largest absolute Gasteiger partial charge is 0.208 e. The van der Waals surface area contributed by atoms with E-state index < -0.39 is 0 Å². The van der Waals surface area contributed by atoms with Crippen LogP contribution in [0.2, 0.25) is 0 Å². The Hall–Kier alpha value is -6.45. The van der Waals surface area contributed by atoms with E-state index >= 15 is 0 Å². The number of rotatable bonds is 5. The minimum Gasteiger partial charge on any atom is -0.208 e. The molecule has 1 heterocycles. The lowest BCUT2D eigenvalue weighted by atomic mass is 9.94. The lowest BCUT2D eigenvalue weighted by Crippen LogP contribution is -2.00. The fourth-order valence-corrected chi connectivity index (χ4v) is 6.58. The number of fused-ring (bicyclic) bond motifs is 3. The third kappa shape index (κ3) is 5.18. The average molecular weight is 612 g/mol. The molecular formula is C45H29N3. The first-order chi connectivity index (χ1) is 23.7. The summed E-state index contributed by atoms with van der Waals surface area (Å²) in [6.45, 7) is 0. The van der Waals surface area contributed by atoms with E-state index in [2.05, 4.69) is 152 Å². The van der Waals surface area contributed by atoms with Crippen LogP contribution in [-0.4, -0.2) is 15.0 Å². The SMILES string of the molecule is c1ccc(-c2ccc3cc(-c4nc(-c5ccccc5)nc(-c5cc(-c6ccc7ccccc7c6)c6ccccc6c5)n4)ccc3c2)cc1. The minimum absolute atomic E-state index is 0.645. The molecule has 0 atom stereocenters. The van der Waals surface area contributed by atoms with Gasteiger partial charge in [-0.25, -0.2) is 15.0 Å². The summed E-state index contributed by atoms with van der Waals surface area (Å²) in [6.07, 6.45) is 0. The lowest BCUT2D eigenvalue weighted by Gasteiger charge is -2.13. The summed E-state index contributed by atoms with van der Waals surface area (Å²) in [7, 11) is 0. The molecule has 48 heavy (non-hydrogen) atoms. The number of hydrogen-bond donors (Lipinski definition) is 0. The molecular weight excluding hydrogens is 583 g/mol. The predicted molar refractivity (Wildman–Crippen MR) is 200 cm³/mol. The van der Waals surface area contributed by atoms with Gasteiger partial charge in [-0.3, -0.25) is 0 Å². The molecule has 3 heteroatoms. The quantitative estimate of drug-likeness (QED) is 0.194. The fraction of sp³-hybridized carbons (Fsp3) is 0. The highest BCUT2D eigenvalue weighted by molar-refractivity contribution is 6.01. The molecule has 0 saturated heterocycles. The van der Waals surface area contributed by atoms with E-state index in [-0.39, 0.29) is 0 Å². The summed E-state index contributed by atoms with van der Waals surface area (Å²) < 4.78 is 0. The van der Waals surface area contributed by atoms with Crippen LogP contribution in [-0.2, 0) is 0 Å². The van der Waals surface area contributed by atoms with Crippen LogP contribution in [0.4, 0.5) is 0 Å². The zero-order chi connectivity index (χ0) is 31.9. The van der Waals surface area contributed by atoms with E-state index in [1.54, 1.807) is 0 Å². The Bertz CT molecular complexity index is 2610. The van der Waals surface area contributed by atoms with E-state index in [1.807, 2.05) is 24.3 Å². The van der Waals surface area contributed by atoms with Crippen molar-refractivity contribution >= 4 is 32.3 Å². The molecule has 9 aromatic rings. The van der Waals surface area contributed by atoms with Crippen molar-refractivity contribution in [3.05, 3.63) is 176 Å². The van der Waals surface area contributed by atoms with Crippen LogP contribution in [0.1, 0.15) is 0 Å². The smallest absolute Gasteiger partial charge is 0.164 e. The molecule has 0 aliphatic rings. The van der Waals surface area contributed by atoms with Crippen LogP contribution >= 0.6 is 0 Å². The van der Waals surface area contributed by atoms with Crippen LogP contribution in [0.15, 0.2) is 176 Å². The standard InChI is InChI=1S/C45H29N3/c1-3-11-30(12-4-1)34-20-21-36-27-39(24-22-35(36)25-34)44-46-43(32-14-5-2-6-15-32)47-45(48-44)40-28-37-17-9-10-18-41(37)42(29-40)38-23-19-31-13-7-8-16-33(31)26-38/h1-29H. The first-order valence-electron chi connectivity index (χ1n) is 16.2. The van der Waals surface area contributed by atoms with Gasteiger partial charge in [0.1, 0.15) is 0 Å². The Morgan fingerprint density at radius 2 is 0.708 bits per heavy atom. The monoisotopic (exact) mass is 611 g/mol. The number of nitrogens with zero attached hydrogens (tertiary/aromatic N) is 3. The van der Waals surface area contributed by atoms with Crippen molar-refractivity contribution in [2.75, 3.05) is 0 Å². The predicted octanol–water partition coefficient (Wildman–Crippen LogP) is 11.7. The van der Waals surface area contributed by atoms with Crippen molar-refractivity contribution < 1.29 is 0 Å². The van der Waals surface area contributed by atoms with Crippen LogP contribution in [0, 0.1) is 0 Å². The molecule has 3 nitrogen and oxygen atoms in total. The topological polar surface area (TPSA) is 38.7 Å². The van der Waals surface area contributed by atoms with Gasteiger partial charge in [-0.2, -0.15) is 0 Å².